The third kappa shape index (κ3) is 4.67. The number of nitrogens with zero attached hydrogens (tertiary/aromatic N) is 2. The van der Waals surface area contributed by atoms with E-state index >= 15 is 0 Å². The molecule has 1 aromatic carbocycles. The van der Waals surface area contributed by atoms with Crippen LogP contribution in [0.5, 0.6) is 0 Å². The Morgan fingerprint density at radius 1 is 1.33 bits per heavy atom. The molecule has 0 aliphatic rings. The van der Waals surface area contributed by atoms with E-state index in [1.54, 1.807) is 24.3 Å². The highest BCUT2D eigenvalue weighted by atomic mass is 32.2. The van der Waals surface area contributed by atoms with E-state index in [1.807, 2.05) is 6.92 Å². The lowest BCUT2D eigenvalue weighted by atomic mass is 10.3. The van der Waals surface area contributed by atoms with Crippen LogP contribution in [0.1, 0.15) is 26.3 Å². The van der Waals surface area contributed by atoms with Crippen molar-refractivity contribution in [2.75, 3.05) is 12.3 Å². The number of para-hydroxylation sites is 2. The molecule has 9 heteroatoms. The molecule has 130 valence electrons. The first-order valence-corrected chi connectivity index (χ1v) is 8.47. The third-order valence-corrected chi connectivity index (χ3v) is 4.11. The van der Waals surface area contributed by atoms with E-state index in [-0.39, 0.29) is 10.9 Å². The van der Waals surface area contributed by atoms with Gasteiger partial charge in [0, 0.05) is 6.54 Å². The van der Waals surface area contributed by atoms with Crippen LogP contribution in [0, 0.1) is 0 Å². The maximum atomic E-state index is 13.2. The number of aromatic nitrogens is 2. The first-order valence-electron chi connectivity index (χ1n) is 7.48. The normalized spacial score (nSPS) is 11.0. The van der Waals surface area contributed by atoms with E-state index in [1.165, 1.54) is 0 Å². The Labute approximate surface area is 142 Å². The number of hydrogen-bond donors (Lipinski definition) is 2. The third-order valence-electron chi connectivity index (χ3n) is 3.16. The number of imidazole rings is 1. The molecule has 0 atom stereocenters. The van der Waals surface area contributed by atoms with Crippen molar-refractivity contribution in [2.24, 2.45) is 0 Å². The fourth-order valence-corrected chi connectivity index (χ4v) is 2.84. The molecule has 2 N–H and O–H groups in total. The Balaban J connectivity index is 1.96. The molecule has 0 saturated carbocycles. The number of rotatable bonds is 7. The van der Waals surface area contributed by atoms with Crippen molar-refractivity contribution >= 4 is 34.7 Å². The van der Waals surface area contributed by atoms with Crippen LogP contribution in [0.2, 0.25) is 0 Å². The lowest BCUT2D eigenvalue weighted by Gasteiger charge is -2.08. The molecule has 0 fully saturated rings. The maximum Gasteiger partial charge on any atom is 0.321 e. The van der Waals surface area contributed by atoms with Gasteiger partial charge in [-0.1, -0.05) is 37.2 Å². The summed E-state index contributed by atoms with van der Waals surface area (Å²) in [7, 11) is 0. The number of hydrogen-bond acceptors (Lipinski definition) is 4. The molecule has 1 heterocycles. The van der Waals surface area contributed by atoms with Crippen LogP contribution in [0.3, 0.4) is 0 Å². The fourth-order valence-electron chi connectivity index (χ4n) is 2.03. The Morgan fingerprint density at radius 3 is 2.79 bits per heavy atom. The Morgan fingerprint density at radius 2 is 2.08 bits per heavy atom. The number of amides is 3. The fraction of sp³-hybridized carbons (Fsp3) is 0.400. The topological polar surface area (TPSA) is 76.0 Å². The summed E-state index contributed by atoms with van der Waals surface area (Å²) in [5, 5.41) is 4.73. The SMILES string of the molecule is CCCCNC(=O)NC(=O)CSc1nc2ccccc2n1C(F)F. The molecular weight excluding hydrogens is 338 g/mol. The second-order valence-electron chi connectivity index (χ2n) is 4.98. The summed E-state index contributed by atoms with van der Waals surface area (Å²) >= 11 is 0.859. The number of halogens is 2. The number of alkyl halides is 2. The van der Waals surface area contributed by atoms with E-state index in [0.717, 1.165) is 29.2 Å². The van der Waals surface area contributed by atoms with Crippen molar-refractivity contribution in [3.05, 3.63) is 24.3 Å². The van der Waals surface area contributed by atoms with Gasteiger partial charge < -0.3 is 5.32 Å². The summed E-state index contributed by atoms with van der Waals surface area (Å²) in [6, 6.07) is 5.92. The number of thioether (sulfide) groups is 1. The van der Waals surface area contributed by atoms with Crippen LogP contribution in [0.25, 0.3) is 11.0 Å². The molecule has 0 spiro atoms. The largest absolute Gasteiger partial charge is 0.338 e. The van der Waals surface area contributed by atoms with Gasteiger partial charge in [-0.15, -0.1) is 0 Å². The molecule has 2 aromatic rings. The highest BCUT2D eigenvalue weighted by Crippen LogP contribution is 2.28. The molecule has 0 saturated heterocycles. The Kier molecular flexibility index (Phi) is 6.53. The van der Waals surface area contributed by atoms with Crippen LogP contribution in [-0.2, 0) is 4.79 Å². The van der Waals surface area contributed by atoms with Crippen LogP contribution in [0.15, 0.2) is 29.4 Å². The smallest absolute Gasteiger partial charge is 0.321 e. The number of benzene rings is 1. The van der Waals surface area contributed by atoms with E-state index < -0.39 is 18.5 Å². The summed E-state index contributed by atoms with van der Waals surface area (Å²) in [6.45, 7) is -0.305. The molecule has 24 heavy (non-hydrogen) atoms. The number of imide groups is 1. The Hall–Kier alpha value is -2.16. The zero-order valence-electron chi connectivity index (χ0n) is 13.1. The highest BCUT2D eigenvalue weighted by Gasteiger charge is 2.19. The standard InChI is InChI=1S/C15H18F2N4O2S/c1-2-3-8-18-14(23)20-12(22)9-24-15-19-10-6-4-5-7-11(10)21(15)13(16)17/h4-7,13H,2-3,8-9H2,1H3,(H2,18,20,22,23). The van der Waals surface area contributed by atoms with Crippen molar-refractivity contribution in [3.8, 4) is 0 Å². The molecule has 0 bridgehead atoms. The molecule has 0 aliphatic heterocycles. The molecule has 1 aromatic heterocycles. The maximum absolute atomic E-state index is 13.2. The zero-order chi connectivity index (χ0) is 17.5. The average molecular weight is 356 g/mol. The minimum Gasteiger partial charge on any atom is -0.338 e. The van der Waals surface area contributed by atoms with Crippen molar-refractivity contribution in [3.63, 3.8) is 0 Å². The molecule has 0 aliphatic carbocycles. The predicted molar refractivity (Wildman–Crippen MR) is 88.2 cm³/mol. The molecule has 3 amide bonds. The second-order valence-corrected chi connectivity index (χ2v) is 5.92. The number of nitrogens with one attached hydrogen (secondary N) is 2. The minimum absolute atomic E-state index is 0.0349. The Bertz CT molecular complexity index is 721. The van der Waals surface area contributed by atoms with Crippen LogP contribution in [0.4, 0.5) is 13.6 Å². The second kappa shape index (κ2) is 8.62. The number of carbonyl (C=O) groups excluding carboxylic acids is 2. The number of unbranched alkanes of at least 4 members (excludes halogenated alkanes) is 1. The van der Waals surface area contributed by atoms with Crippen molar-refractivity contribution < 1.29 is 18.4 Å². The van der Waals surface area contributed by atoms with Gasteiger partial charge in [0.1, 0.15) is 0 Å². The molecule has 0 radical (unpaired) electrons. The highest BCUT2D eigenvalue weighted by molar-refractivity contribution is 7.99. The van der Waals surface area contributed by atoms with Gasteiger partial charge in [-0.3, -0.25) is 14.7 Å². The molecule has 0 unspecified atom stereocenters. The molecular formula is C15H18F2N4O2S. The van der Waals surface area contributed by atoms with Crippen molar-refractivity contribution in [2.45, 2.75) is 31.5 Å². The van der Waals surface area contributed by atoms with Gasteiger partial charge in [-0.05, 0) is 18.6 Å². The van der Waals surface area contributed by atoms with Crippen LogP contribution < -0.4 is 10.6 Å². The number of carbonyl (C=O) groups is 2. The van der Waals surface area contributed by atoms with Crippen LogP contribution >= 0.6 is 11.8 Å². The van der Waals surface area contributed by atoms with Gasteiger partial charge >= 0.3 is 12.6 Å². The number of fused-ring (bicyclic) bond motifs is 1. The van der Waals surface area contributed by atoms with Gasteiger partial charge in [-0.25, -0.2) is 9.78 Å². The van der Waals surface area contributed by atoms with Gasteiger partial charge in [-0.2, -0.15) is 8.78 Å². The molecule has 2 rings (SSSR count). The van der Waals surface area contributed by atoms with E-state index in [2.05, 4.69) is 15.6 Å². The summed E-state index contributed by atoms with van der Waals surface area (Å²) in [5.74, 6) is -0.751. The van der Waals surface area contributed by atoms with Gasteiger partial charge in [0.05, 0.1) is 16.8 Å². The van der Waals surface area contributed by atoms with E-state index in [0.29, 0.717) is 17.6 Å². The lowest BCUT2D eigenvalue weighted by molar-refractivity contribution is -0.117. The monoisotopic (exact) mass is 356 g/mol. The first-order chi connectivity index (χ1) is 11.5. The van der Waals surface area contributed by atoms with Gasteiger partial charge in [0.15, 0.2) is 5.16 Å². The first kappa shape index (κ1) is 18.2. The van der Waals surface area contributed by atoms with Gasteiger partial charge in [0.2, 0.25) is 5.91 Å². The van der Waals surface area contributed by atoms with Crippen molar-refractivity contribution in [1.29, 1.82) is 0 Å². The van der Waals surface area contributed by atoms with E-state index in [9.17, 15) is 18.4 Å². The zero-order valence-corrected chi connectivity index (χ0v) is 13.9. The lowest BCUT2D eigenvalue weighted by Crippen LogP contribution is -2.40. The van der Waals surface area contributed by atoms with Crippen molar-refractivity contribution in [1.82, 2.24) is 20.2 Å². The van der Waals surface area contributed by atoms with Crippen LogP contribution in [-0.4, -0.2) is 33.8 Å². The quantitative estimate of drug-likeness (QED) is 0.590. The summed E-state index contributed by atoms with van der Waals surface area (Å²) in [6.07, 6.45) is 1.74. The summed E-state index contributed by atoms with van der Waals surface area (Å²) < 4.78 is 27.3. The van der Waals surface area contributed by atoms with Gasteiger partial charge in [0.25, 0.3) is 0 Å². The minimum atomic E-state index is -2.76. The summed E-state index contributed by atoms with van der Waals surface area (Å²) in [4.78, 5) is 27.3. The van der Waals surface area contributed by atoms with E-state index in [4.69, 9.17) is 0 Å². The molecule has 6 nitrogen and oxygen atoms in total. The summed E-state index contributed by atoms with van der Waals surface area (Å²) in [5.41, 5.74) is 0.728. The average Bonchev–Trinajstić information content (AvgIpc) is 2.91. The number of urea groups is 1. The predicted octanol–water partition coefficient (Wildman–Crippen LogP) is 3.15.